The molecule has 0 spiro atoms. The van der Waals surface area contributed by atoms with E-state index in [-0.39, 0.29) is 24.4 Å². The zero-order chi connectivity index (χ0) is 23.8. The Kier molecular flexibility index (Phi) is 8.05. The Morgan fingerprint density at radius 1 is 0.970 bits per heavy atom. The number of nitrogens with one attached hydrogen (secondary N) is 2. The highest BCUT2D eigenvalue weighted by Gasteiger charge is 2.23. The lowest BCUT2D eigenvalue weighted by atomic mass is 10.0. The maximum atomic E-state index is 12.7. The van der Waals surface area contributed by atoms with E-state index in [4.69, 9.17) is 17.0 Å². The number of hydrogen-bond donors (Lipinski definition) is 2. The Labute approximate surface area is 196 Å². The third-order valence-corrected chi connectivity index (χ3v) is 5.24. The van der Waals surface area contributed by atoms with Crippen molar-refractivity contribution in [3.63, 3.8) is 0 Å². The van der Waals surface area contributed by atoms with Gasteiger partial charge in [0.15, 0.2) is 0 Å². The van der Waals surface area contributed by atoms with Gasteiger partial charge < -0.3 is 10.2 Å². The smallest absolute Gasteiger partial charge is 0.295 e. The summed E-state index contributed by atoms with van der Waals surface area (Å²) in [5, 5.41) is 11.4. The van der Waals surface area contributed by atoms with Crippen LogP contribution in [-0.2, 0) is 22.7 Å². The number of carbonyl (C=O) groups excluding carboxylic acids is 3. The van der Waals surface area contributed by atoms with Crippen molar-refractivity contribution in [2.24, 2.45) is 0 Å². The summed E-state index contributed by atoms with van der Waals surface area (Å²) in [5.74, 6) is -1.82. The molecule has 33 heavy (non-hydrogen) atoms. The number of ketones is 1. The van der Waals surface area contributed by atoms with Crippen molar-refractivity contribution >= 4 is 34.9 Å². The molecular formula is C25H23ClN4O3. The number of Topliss-reactive ketones (excluding diaryl/α,β-unsaturated/α-hetero) is 1. The number of amides is 2. The minimum atomic E-state index is -0.648. The number of carbonyl (C=O) groups is 3. The van der Waals surface area contributed by atoms with Gasteiger partial charge in [-0.3, -0.25) is 24.8 Å². The Morgan fingerprint density at radius 3 is 2.24 bits per heavy atom. The van der Waals surface area contributed by atoms with Crippen LogP contribution in [0.3, 0.4) is 0 Å². The lowest BCUT2D eigenvalue weighted by Crippen LogP contribution is -2.36. The minimum absolute atomic E-state index is 0.196. The second-order valence-corrected chi connectivity index (χ2v) is 7.71. The van der Waals surface area contributed by atoms with Gasteiger partial charge >= 0.3 is 0 Å². The van der Waals surface area contributed by atoms with E-state index in [1.54, 1.807) is 37.5 Å². The van der Waals surface area contributed by atoms with Crippen molar-refractivity contribution in [2.45, 2.75) is 20.0 Å². The molecule has 7 nitrogen and oxygen atoms in total. The average Bonchev–Trinajstić information content (AvgIpc) is 2.86. The van der Waals surface area contributed by atoms with Crippen molar-refractivity contribution in [1.29, 1.82) is 5.41 Å². The second kappa shape index (κ2) is 11.2. The number of rotatable bonds is 9. The first-order valence-electron chi connectivity index (χ1n) is 10.3. The van der Waals surface area contributed by atoms with Gasteiger partial charge in [-0.05, 0) is 36.2 Å². The first kappa shape index (κ1) is 23.8. The Balaban J connectivity index is 1.62. The largest absolute Gasteiger partial charge is 0.347 e. The molecule has 2 aromatic carbocycles. The van der Waals surface area contributed by atoms with E-state index in [1.165, 1.54) is 29.2 Å². The fourth-order valence-electron chi connectivity index (χ4n) is 3.10. The molecule has 8 heteroatoms. The summed E-state index contributed by atoms with van der Waals surface area (Å²) in [7, 11) is 0. The molecule has 0 saturated carbocycles. The van der Waals surface area contributed by atoms with Gasteiger partial charge in [0.25, 0.3) is 11.8 Å². The number of likely N-dealkylation sites (N-methyl/N-ethyl adjacent to an activating group) is 1. The van der Waals surface area contributed by atoms with Gasteiger partial charge in [0, 0.05) is 48.2 Å². The van der Waals surface area contributed by atoms with Crippen LogP contribution in [0.2, 0.25) is 5.02 Å². The van der Waals surface area contributed by atoms with Gasteiger partial charge in [-0.25, -0.2) is 0 Å². The first-order valence-corrected chi connectivity index (χ1v) is 10.7. The van der Waals surface area contributed by atoms with Crippen molar-refractivity contribution < 1.29 is 14.4 Å². The normalized spacial score (nSPS) is 10.4. The summed E-state index contributed by atoms with van der Waals surface area (Å²) in [6, 6.07) is 16.5. The van der Waals surface area contributed by atoms with Gasteiger partial charge in [0.05, 0.1) is 0 Å². The molecule has 3 aromatic rings. The number of benzene rings is 2. The molecule has 1 heterocycles. The summed E-state index contributed by atoms with van der Waals surface area (Å²) in [4.78, 5) is 43.1. The molecule has 0 unspecified atom stereocenters. The molecule has 2 amide bonds. The predicted octanol–water partition coefficient (Wildman–Crippen LogP) is 3.65. The van der Waals surface area contributed by atoms with E-state index in [0.29, 0.717) is 17.1 Å². The van der Waals surface area contributed by atoms with Crippen LogP contribution in [0.5, 0.6) is 0 Å². The number of halogens is 1. The molecular weight excluding hydrogens is 440 g/mol. The predicted molar refractivity (Wildman–Crippen MR) is 126 cm³/mol. The van der Waals surface area contributed by atoms with Crippen LogP contribution in [0.1, 0.15) is 34.0 Å². The van der Waals surface area contributed by atoms with Crippen LogP contribution in [0, 0.1) is 5.41 Å². The molecule has 168 valence electrons. The third kappa shape index (κ3) is 6.33. The SMILES string of the molecule is CCN(Cc1ccc(Cl)cc1)C(=O)C(=O)c1ccc(C(=N)C(=O)NCc2cccnc2)cc1. The van der Waals surface area contributed by atoms with Crippen LogP contribution in [-0.4, -0.2) is 39.7 Å². The zero-order valence-electron chi connectivity index (χ0n) is 18.0. The molecule has 0 atom stereocenters. The van der Waals surface area contributed by atoms with Crippen LogP contribution in [0.4, 0.5) is 0 Å². The molecule has 0 aliphatic heterocycles. The Hall–Kier alpha value is -3.84. The maximum Gasteiger partial charge on any atom is 0.295 e. The van der Waals surface area contributed by atoms with E-state index in [1.807, 2.05) is 18.2 Å². The standard InChI is InChI=1S/C25H23ClN4O3/c1-2-30(16-17-5-11-21(26)12-6-17)25(33)23(31)20-9-7-19(8-10-20)22(27)24(32)29-15-18-4-3-13-28-14-18/h3-14,27H,2,15-16H2,1H3,(H,29,32). The highest BCUT2D eigenvalue weighted by atomic mass is 35.5. The topological polar surface area (TPSA) is 103 Å². The Morgan fingerprint density at radius 2 is 1.64 bits per heavy atom. The van der Waals surface area contributed by atoms with Crippen molar-refractivity contribution in [3.05, 3.63) is 100 Å². The van der Waals surface area contributed by atoms with Crippen molar-refractivity contribution in [2.75, 3.05) is 6.54 Å². The molecule has 3 rings (SSSR count). The average molecular weight is 463 g/mol. The monoisotopic (exact) mass is 462 g/mol. The molecule has 0 fully saturated rings. The summed E-state index contributed by atoms with van der Waals surface area (Å²) < 4.78 is 0. The number of nitrogens with zero attached hydrogens (tertiary/aromatic N) is 2. The van der Waals surface area contributed by atoms with Crippen LogP contribution < -0.4 is 5.32 Å². The molecule has 1 aromatic heterocycles. The van der Waals surface area contributed by atoms with Crippen LogP contribution >= 0.6 is 11.6 Å². The maximum absolute atomic E-state index is 12.7. The molecule has 0 aliphatic carbocycles. The highest BCUT2D eigenvalue weighted by Crippen LogP contribution is 2.13. The molecule has 0 aliphatic rings. The summed E-state index contributed by atoms with van der Waals surface area (Å²) >= 11 is 5.90. The van der Waals surface area contributed by atoms with Crippen LogP contribution in [0.25, 0.3) is 0 Å². The van der Waals surface area contributed by atoms with E-state index in [9.17, 15) is 14.4 Å². The van der Waals surface area contributed by atoms with Gasteiger partial charge in [-0.1, -0.05) is 54.1 Å². The van der Waals surface area contributed by atoms with E-state index >= 15 is 0 Å². The van der Waals surface area contributed by atoms with Gasteiger partial charge in [0.1, 0.15) is 5.71 Å². The summed E-state index contributed by atoms with van der Waals surface area (Å²) in [6.45, 7) is 2.71. The number of pyridine rings is 1. The number of aromatic nitrogens is 1. The van der Waals surface area contributed by atoms with Gasteiger partial charge in [-0.15, -0.1) is 0 Å². The highest BCUT2D eigenvalue weighted by molar-refractivity contribution is 6.44. The molecule has 2 N–H and O–H groups in total. The summed E-state index contributed by atoms with van der Waals surface area (Å²) in [5.41, 5.74) is 1.99. The summed E-state index contributed by atoms with van der Waals surface area (Å²) in [6.07, 6.45) is 3.27. The fraction of sp³-hybridized carbons (Fsp3) is 0.160. The van der Waals surface area contributed by atoms with Crippen molar-refractivity contribution in [3.8, 4) is 0 Å². The molecule has 0 radical (unpaired) electrons. The van der Waals surface area contributed by atoms with Gasteiger partial charge in [0.2, 0.25) is 5.78 Å². The quantitative estimate of drug-likeness (QED) is 0.288. The zero-order valence-corrected chi connectivity index (χ0v) is 18.8. The third-order valence-electron chi connectivity index (χ3n) is 4.99. The second-order valence-electron chi connectivity index (χ2n) is 7.27. The molecule has 0 saturated heterocycles. The van der Waals surface area contributed by atoms with Crippen molar-refractivity contribution in [1.82, 2.24) is 15.2 Å². The Bertz CT molecular complexity index is 1150. The number of hydrogen-bond acceptors (Lipinski definition) is 5. The van der Waals surface area contributed by atoms with E-state index < -0.39 is 17.6 Å². The first-order chi connectivity index (χ1) is 15.9. The lowest BCUT2D eigenvalue weighted by molar-refractivity contribution is -0.126. The van der Waals surface area contributed by atoms with Gasteiger partial charge in [-0.2, -0.15) is 0 Å². The van der Waals surface area contributed by atoms with E-state index in [0.717, 1.165) is 11.1 Å². The molecule has 0 bridgehead atoms. The van der Waals surface area contributed by atoms with Crippen LogP contribution in [0.15, 0.2) is 73.1 Å². The lowest BCUT2D eigenvalue weighted by Gasteiger charge is -2.20. The fourth-order valence-corrected chi connectivity index (χ4v) is 3.22. The minimum Gasteiger partial charge on any atom is -0.347 e. The van der Waals surface area contributed by atoms with E-state index in [2.05, 4.69) is 10.3 Å².